The van der Waals surface area contributed by atoms with Gasteiger partial charge in [-0.05, 0) is 317 Å². The molecule has 0 aromatic heterocycles. The molecule has 12 heterocycles. The normalized spacial score (nSPS) is 22.3. The number of anilines is 6. The first-order valence-corrected chi connectivity index (χ1v) is 52.3. The number of benzene rings is 12. The van der Waals surface area contributed by atoms with Gasteiger partial charge in [0.2, 0.25) is 0 Å². The van der Waals surface area contributed by atoms with E-state index >= 15 is 0 Å². The number of hydrogen-bond acceptors (Lipinski definition) is 6. The molecule has 12 aliphatic heterocycles. The fourth-order valence-electron chi connectivity index (χ4n) is 28.9. The van der Waals surface area contributed by atoms with Gasteiger partial charge >= 0.3 is 0 Å². The summed E-state index contributed by atoms with van der Waals surface area (Å²) in [5, 5.41) is 0. The summed E-state index contributed by atoms with van der Waals surface area (Å²) in [6, 6.07) is 109. The van der Waals surface area contributed by atoms with Crippen LogP contribution in [-0.2, 0) is 0 Å². The third-order valence-corrected chi connectivity index (χ3v) is 34.5. The van der Waals surface area contributed by atoms with Gasteiger partial charge in [-0.3, -0.25) is 0 Å². The lowest BCUT2D eigenvalue weighted by Gasteiger charge is -2.45. The summed E-state index contributed by atoms with van der Waals surface area (Å²) in [4.78, 5) is 15.5. The Morgan fingerprint density at radius 2 is 0.438 bits per heavy atom. The van der Waals surface area contributed by atoms with Crippen LogP contribution in [0.2, 0.25) is 0 Å². The van der Waals surface area contributed by atoms with Gasteiger partial charge in [0.25, 0.3) is 0 Å². The Bertz CT molecular complexity index is 8430. The van der Waals surface area contributed by atoms with E-state index in [0.717, 1.165) is 77.0 Å². The molecule has 24 aliphatic rings. The van der Waals surface area contributed by atoms with Gasteiger partial charge in [0, 0.05) is 102 Å². The zero-order valence-corrected chi connectivity index (χ0v) is 80.2. The zero-order chi connectivity index (χ0) is 94.0. The summed E-state index contributed by atoms with van der Waals surface area (Å²) < 4.78 is 0. The molecule has 0 spiro atoms. The van der Waals surface area contributed by atoms with E-state index in [1.165, 1.54) is 252 Å². The van der Waals surface area contributed by atoms with E-state index in [1.54, 1.807) is 16.7 Å². The highest BCUT2D eigenvalue weighted by Crippen LogP contribution is 2.65. The van der Waals surface area contributed by atoms with Gasteiger partial charge < -0.3 is 29.4 Å². The second-order valence-corrected chi connectivity index (χ2v) is 41.3. The van der Waals surface area contributed by atoms with Crippen LogP contribution < -0.4 is 29.4 Å². The van der Waals surface area contributed by atoms with Crippen LogP contribution in [0, 0.1) is 0 Å². The summed E-state index contributed by atoms with van der Waals surface area (Å²) in [6.07, 6.45) is 68.9. The molecule has 0 N–H and O–H groups in total. The van der Waals surface area contributed by atoms with Crippen molar-refractivity contribution in [2.45, 2.75) is 113 Å². The Labute approximate surface area is 842 Å². The van der Waals surface area contributed by atoms with Crippen molar-refractivity contribution in [2.24, 2.45) is 0 Å². The first-order valence-electron chi connectivity index (χ1n) is 52.3. The maximum absolute atomic E-state index is 2.59. The predicted octanol–water partition coefficient (Wildman–Crippen LogP) is 34.0. The summed E-state index contributed by atoms with van der Waals surface area (Å²) in [5.74, 6) is 0. The van der Waals surface area contributed by atoms with Crippen LogP contribution in [0.25, 0.3) is 66.8 Å². The quantitative estimate of drug-likeness (QED) is 0.150. The SMILES string of the molecule is C1=CC2=C(C1)C1=C(C=CC1)N1c3ccccc3-c3ccccc3C21.C1=CC2=C(C1)C1=C(CC=C1)C1c3ccccc3-c3ccccc3N21.C1=CC2=C(C1)C1=CCC=C1C1c3ccccc3-c3ccccc3N21.C1=CC2=C(C1)c1ccccc1C1C3=C(C=CC3)c3ccccc3N21.C1=CC2=C(C1)c1ccccc1C1C3=C(CC=C3)c3ccccc3N21.C1=CC2=C(C1)c1ccccc1C1C3=CCC=C3c3ccccc3N21. The minimum atomic E-state index is 0.311. The molecule has 0 radical (unpaired) electrons. The molecular formula is C138H102N6. The molecule has 0 saturated carbocycles. The zero-order valence-electron chi connectivity index (χ0n) is 80.2. The highest BCUT2D eigenvalue weighted by Gasteiger charge is 2.50. The maximum atomic E-state index is 2.59. The van der Waals surface area contributed by atoms with Gasteiger partial charge in [-0.1, -0.05) is 364 Å². The average Bonchev–Trinajstić information content (AvgIpc) is 1.47. The minimum Gasteiger partial charge on any atom is -0.329 e. The lowest BCUT2D eigenvalue weighted by Crippen LogP contribution is -2.36. The number of rotatable bonds is 0. The summed E-state index contributed by atoms with van der Waals surface area (Å²) >= 11 is 0. The van der Waals surface area contributed by atoms with Gasteiger partial charge in [-0.15, -0.1) is 0 Å². The average molecular weight is 1840 g/mol. The number of hydrogen-bond donors (Lipinski definition) is 0. The van der Waals surface area contributed by atoms with Crippen molar-refractivity contribution in [2.75, 3.05) is 29.4 Å². The van der Waals surface area contributed by atoms with Crippen molar-refractivity contribution >= 4 is 67.6 Å². The second kappa shape index (κ2) is 32.4. The van der Waals surface area contributed by atoms with Gasteiger partial charge in [-0.2, -0.15) is 0 Å². The molecule has 144 heavy (non-hydrogen) atoms. The molecule has 12 aromatic rings. The van der Waals surface area contributed by atoms with Crippen LogP contribution >= 0.6 is 0 Å². The molecule has 6 atom stereocenters. The van der Waals surface area contributed by atoms with E-state index < -0.39 is 0 Å². The third kappa shape index (κ3) is 11.9. The summed E-state index contributed by atoms with van der Waals surface area (Å²) in [7, 11) is 0. The van der Waals surface area contributed by atoms with Crippen LogP contribution in [0.5, 0.6) is 0 Å². The van der Waals surface area contributed by atoms with Gasteiger partial charge in [0.1, 0.15) is 0 Å². The topological polar surface area (TPSA) is 19.4 Å². The molecule has 0 fully saturated rings. The molecule has 0 bridgehead atoms. The Morgan fingerprint density at radius 1 is 0.167 bits per heavy atom. The molecule has 12 aromatic carbocycles. The van der Waals surface area contributed by atoms with E-state index in [9.17, 15) is 0 Å². The molecule has 6 unspecified atom stereocenters. The molecule has 6 nitrogen and oxygen atoms in total. The molecule has 0 amide bonds. The van der Waals surface area contributed by atoms with Crippen LogP contribution in [0.4, 0.5) is 34.1 Å². The molecular weight excluding hydrogens is 1740 g/mol. The molecule has 684 valence electrons. The lowest BCUT2D eigenvalue weighted by molar-refractivity contribution is 0.732. The smallest absolute Gasteiger partial charge is 0.0854 e. The first-order chi connectivity index (χ1) is 71.6. The summed E-state index contributed by atoms with van der Waals surface area (Å²) in [5.41, 5.74) is 68.8. The maximum Gasteiger partial charge on any atom is 0.0854 e. The largest absolute Gasteiger partial charge is 0.329 e. The predicted molar refractivity (Wildman–Crippen MR) is 594 cm³/mol. The molecule has 0 saturated heterocycles. The van der Waals surface area contributed by atoms with Gasteiger partial charge in [-0.25, -0.2) is 0 Å². The van der Waals surface area contributed by atoms with E-state index in [2.05, 4.69) is 466 Å². The minimum absolute atomic E-state index is 0.311. The van der Waals surface area contributed by atoms with Crippen molar-refractivity contribution in [1.29, 1.82) is 0 Å². The number of nitrogens with zero attached hydrogens (tertiary/aromatic N) is 6. The second-order valence-electron chi connectivity index (χ2n) is 41.3. The van der Waals surface area contributed by atoms with Crippen molar-refractivity contribution < 1.29 is 0 Å². The Balaban J connectivity index is 0.0000000788. The monoisotopic (exact) mass is 1840 g/mol. The molecule has 12 aliphatic carbocycles. The fraction of sp³-hybridized carbons (Fsp3) is 0.130. The van der Waals surface area contributed by atoms with Crippen molar-refractivity contribution in [1.82, 2.24) is 0 Å². The standard InChI is InChI=1S/6C23H17N/c3*1-2-9-19-15(7-1)18-11-6-14-22(18)24-21-13-4-3-8-17(21)16-10-5-12-20(16)23(19)24;3*1-2-9-19-15(7-1)17-8-3-4-13-21(17)24-22-14-6-11-18(22)16-10-5-12-20(16)23(19)24/h1-4,6-10,12-14,23H,5,11H2;1-9,12-14,23H,10-11H2;1-10,13-14,23H,11-12H2;1-4,6-10,12-14,23H,5,11H2;1-9,12-14,23H,10-11H2;1-10,13-14,23H,11-12H2. The van der Waals surface area contributed by atoms with Crippen LogP contribution in [0.1, 0.15) is 180 Å². The van der Waals surface area contributed by atoms with E-state index in [0.29, 0.717) is 36.3 Å². The Morgan fingerprint density at radius 3 is 0.931 bits per heavy atom. The third-order valence-electron chi connectivity index (χ3n) is 34.5. The summed E-state index contributed by atoms with van der Waals surface area (Å²) in [6.45, 7) is 0. The van der Waals surface area contributed by atoms with Crippen LogP contribution in [0.3, 0.4) is 0 Å². The fourth-order valence-corrected chi connectivity index (χ4v) is 28.9. The van der Waals surface area contributed by atoms with Crippen molar-refractivity contribution in [3.8, 4) is 33.4 Å². The number of fused-ring (bicyclic) bond motifs is 56. The first kappa shape index (κ1) is 82.0. The number of allylic oxidation sites excluding steroid dienone is 32. The Kier molecular flexibility index (Phi) is 18.4. The van der Waals surface area contributed by atoms with Crippen LogP contribution in [-0.4, -0.2) is 0 Å². The highest BCUT2D eigenvalue weighted by atomic mass is 15.2. The van der Waals surface area contributed by atoms with E-state index in [4.69, 9.17) is 0 Å². The van der Waals surface area contributed by atoms with E-state index in [-0.39, 0.29) is 0 Å². The molecule has 6 heteroatoms. The van der Waals surface area contributed by atoms with Gasteiger partial charge in [0.05, 0.1) is 36.3 Å². The van der Waals surface area contributed by atoms with Crippen molar-refractivity contribution in [3.05, 3.63) is 605 Å². The van der Waals surface area contributed by atoms with Crippen molar-refractivity contribution in [3.63, 3.8) is 0 Å². The Hall–Kier alpha value is -16.8. The number of para-hydroxylation sites is 6. The lowest BCUT2D eigenvalue weighted by atomic mass is 9.78. The molecule has 36 rings (SSSR count). The van der Waals surface area contributed by atoms with Crippen LogP contribution in [0.15, 0.2) is 538 Å². The van der Waals surface area contributed by atoms with E-state index in [1.807, 2.05) is 0 Å². The van der Waals surface area contributed by atoms with Gasteiger partial charge in [0.15, 0.2) is 0 Å². The highest BCUT2D eigenvalue weighted by molar-refractivity contribution is 6.02.